The number of nitrogens with zero attached hydrogens (tertiary/aromatic N) is 3. The Morgan fingerprint density at radius 1 is 1.52 bits per heavy atom. The van der Waals surface area contributed by atoms with Crippen LogP contribution >= 0.6 is 0 Å². The largest absolute Gasteiger partial charge is 0.444 e. The highest BCUT2D eigenvalue weighted by Gasteiger charge is 2.32. The molecule has 0 aliphatic carbocycles. The fourth-order valence-electron chi connectivity index (χ4n) is 3.07. The number of amides is 1. The fourth-order valence-corrected chi connectivity index (χ4v) is 3.07. The number of aromatic nitrogens is 2. The zero-order valence-corrected chi connectivity index (χ0v) is 15.2. The van der Waals surface area contributed by atoms with Gasteiger partial charge < -0.3 is 15.0 Å². The minimum Gasteiger partial charge on any atom is -0.444 e. The second kappa shape index (κ2) is 6.91. The van der Waals surface area contributed by atoms with Crippen LogP contribution < -0.4 is 5.32 Å². The molecule has 6 heteroatoms. The van der Waals surface area contributed by atoms with Gasteiger partial charge in [-0.15, -0.1) is 0 Å². The summed E-state index contributed by atoms with van der Waals surface area (Å²) in [5, 5.41) is 7.93. The smallest absolute Gasteiger partial charge is 0.410 e. The third-order valence-corrected chi connectivity index (χ3v) is 4.18. The van der Waals surface area contributed by atoms with E-state index < -0.39 is 5.60 Å². The average Bonchev–Trinajstić information content (AvgIpc) is 3.00. The zero-order valence-electron chi connectivity index (χ0n) is 15.2. The van der Waals surface area contributed by atoms with Crippen molar-refractivity contribution in [3.8, 4) is 0 Å². The number of nitrogens with one attached hydrogen (secondary N) is 1. The molecule has 2 unspecified atom stereocenters. The maximum Gasteiger partial charge on any atom is 0.410 e. The topological polar surface area (TPSA) is 59.4 Å². The first-order valence-electron chi connectivity index (χ1n) is 8.40. The van der Waals surface area contributed by atoms with Crippen LogP contribution in [0.1, 0.15) is 57.8 Å². The van der Waals surface area contributed by atoms with Crippen LogP contribution in [0.15, 0.2) is 6.20 Å². The van der Waals surface area contributed by atoms with Crippen molar-refractivity contribution in [1.29, 1.82) is 0 Å². The van der Waals surface area contributed by atoms with E-state index in [1.54, 1.807) is 0 Å². The summed E-state index contributed by atoms with van der Waals surface area (Å²) < 4.78 is 7.35. The second-order valence-electron chi connectivity index (χ2n) is 7.44. The van der Waals surface area contributed by atoms with E-state index in [1.165, 1.54) is 5.56 Å². The lowest BCUT2D eigenvalue weighted by Gasteiger charge is -2.29. The fraction of sp³-hybridized carbons (Fsp3) is 0.765. The van der Waals surface area contributed by atoms with Gasteiger partial charge >= 0.3 is 6.09 Å². The Morgan fingerprint density at radius 3 is 2.78 bits per heavy atom. The molecular weight excluding hydrogens is 292 g/mol. The maximum atomic E-state index is 12.3. The lowest BCUT2D eigenvalue weighted by molar-refractivity contribution is 0.0225. The van der Waals surface area contributed by atoms with Crippen molar-refractivity contribution >= 4 is 6.09 Å². The first kappa shape index (κ1) is 17.8. The van der Waals surface area contributed by atoms with E-state index in [1.807, 2.05) is 50.5 Å². The molecule has 130 valence electrons. The quantitative estimate of drug-likeness (QED) is 0.926. The van der Waals surface area contributed by atoms with Gasteiger partial charge in [-0.3, -0.25) is 4.68 Å². The number of hydrogen-bond acceptors (Lipinski definition) is 4. The predicted molar refractivity (Wildman–Crippen MR) is 90.3 cm³/mol. The van der Waals surface area contributed by atoms with Crippen molar-refractivity contribution in [2.45, 2.75) is 65.1 Å². The van der Waals surface area contributed by atoms with Gasteiger partial charge in [0.25, 0.3) is 0 Å². The summed E-state index contributed by atoms with van der Waals surface area (Å²) in [6.07, 6.45) is 3.90. The van der Waals surface area contributed by atoms with Crippen LogP contribution in [0, 0.1) is 6.92 Å². The predicted octanol–water partition coefficient (Wildman–Crippen LogP) is 2.78. The van der Waals surface area contributed by atoms with Crippen LogP contribution in [-0.4, -0.2) is 45.5 Å². The van der Waals surface area contributed by atoms with Gasteiger partial charge in [0.1, 0.15) is 5.60 Å². The molecule has 0 saturated carbocycles. The summed E-state index contributed by atoms with van der Waals surface area (Å²) >= 11 is 0. The number of carbonyl (C=O) groups is 1. The van der Waals surface area contributed by atoms with Gasteiger partial charge in [0, 0.05) is 44.0 Å². The molecule has 0 bridgehead atoms. The standard InChI is InChI=1S/C17H30N4O2/c1-12(15-11-20(6)19-13(15)2)18-10-14-8-7-9-21(14)16(22)23-17(3,4)5/h11-12,14,18H,7-10H2,1-6H3. The molecule has 2 atom stereocenters. The van der Waals surface area contributed by atoms with Crippen molar-refractivity contribution in [3.05, 3.63) is 17.5 Å². The molecule has 1 aromatic heterocycles. The van der Waals surface area contributed by atoms with Crippen molar-refractivity contribution in [2.75, 3.05) is 13.1 Å². The number of ether oxygens (including phenoxy) is 1. The van der Waals surface area contributed by atoms with E-state index >= 15 is 0 Å². The normalized spacial score (nSPS) is 19.9. The molecule has 23 heavy (non-hydrogen) atoms. The molecule has 0 radical (unpaired) electrons. The second-order valence-corrected chi connectivity index (χ2v) is 7.44. The van der Waals surface area contributed by atoms with Gasteiger partial charge in [0.15, 0.2) is 0 Å². The SMILES string of the molecule is Cc1nn(C)cc1C(C)NCC1CCCN1C(=O)OC(C)(C)C. The Hall–Kier alpha value is -1.56. The lowest BCUT2D eigenvalue weighted by atomic mass is 10.1. The van der Waals surface area contributed by atoms with Crippen molar-refractivity contribution < 1.29 is 9.53 Å². The molecule has 1 N–H and O–H groups in total. The Balaban J connectivity index is 1.91. The molecule has 0 aromatic carbocycles. The summed E-state index contributed by atoms with van der Waals surface area (Å²) in [7, 11) is 1.93. The minimum absolute atomic E-state index is 0.198. The van der Waals surface area contributed by atoms with Gasteiger partial charge in [-0.1, -0.05) is 0 Å². The summed E-state index contributed by atoms with van der Waals surface area (Å²) in [4.78, 5) is 14.2. The molecule has 1 saturated heterocycles. The number of carbonyl (C=O) groups excluding carboxylic acids is 1. The van der Waals surface area contributed by atoms with E-state index in [0.29, 0.717) is 0 Å². The monoisotopic (exact) mass is 322 g/mol. The highest BCUT2D eigenvalue weighted by atomic mass is 16.6. The van der Waals surface area contributed by atoms with E-state index in [-0.39, 0.29) is 18.2 Å². The van der Waals surface area contributed by atoms with Crippen LogP contribution in [0.25, 0.3) is 0 Å². The Labute approximate surface area is 139 Å². The Kier molecular flexibility index (Phi) is 5.34. The van der Waals surface area contributed by atoms with Gasteiger partial charge in [-0.05, 0) is 47.5 Å². The van der Waals surface area contributed by atoms with Crippen LogP contribution in [0.2, 0.25) is 0 Å². The Bertz CT molecular complexity index is 547. The third kappa shape index (κ3) is 4.70. The van der Waals surface area contributed by atoms with E-state index in [4.69, 9.17) is 4.74 Å². The maximum absolute atomic E-state index is 12.3. The van der Waals surface area contributed by atoms with Gasteiger partial charge in [-0.25, -0.2) is 4.79 Å². The van der Waals surface area contributed by atoms with E-state index in [0.717, 1.165) is 31.6 Å². The Morgan fingerprint density at radius 2 is 2.22 bits per heavy atom. The average molecular weight is 322 g/mol. The molecule has 1 aliphatic heterocycles. The number of rotatable bonds is 4. The molecule has 2 heterocycles. The molecule has 1 fully saturated rings. The van der Waals surface area contributed by atoms with E-state index in [2.05, 4.69) is 17.3 Å². The van der Waals surface area contributed by atoms with Gasteiger partial charge in [0.2, 0.25) is 0 Å². The molecule has 0 spiro atoms. The summed E-state index contributed by atoms with van der Waals surface area (Å²) in [6, 6.07) is 0.411. The highest BCUT2D eigenvalue weighted by Crippen LogP contribution is 2.22. The van der Waals surface area contributed by atoms with Crippen LogP contribution in [0.5, 0.6) is 0 Å². The van der Waals surface area contributed by atoms with Crippen LogP contribution in [0.3, 0.4) is 0 Å². The van der Waals surface area contributed by atoms with Crippen LogP contribution in [-0.2, 0) is 11.8 Å². The van der Waals surface area contributed by atoms with Gasteiger partial charge in [0.05, 0.1) is 5.69 Å². The molecule has 1 aromatic rings. The minimum atomic E-state index is -0.447. The molecule has 1 amide bonds. The lowest BCUT2D eigenvalue weighted by Crippen LogP contribution is -2.44. The van der Waals surface area contributed by atoms with E-state index in [9.17, 15) is 4.79 Å². The van der Waals surface area contributed by atoms with Gasteiger partial charge in [-0.2, -0.15) is 5.10 Å². The number of hydrogen-bond donors (Lipinski definition) is 1. The first-order chi connectivity index (χ1) is 10.7. The molecule has 1 aliphatic rings. The molecule has 6 nitrogen and oxygen atoms in total. The first-order valence-corrected chi connectivity index (χ1v) is 8.40. The number of likely N-dealkylation sites (tertiary alicyclic amines) is 1. The zero-order chi connectivity index (χ0) is 17.2. The van der Waals surface area contributed by atoms with Crippen molar-refractivity contribution in [2.24, 2.45) is 7.05 Å². The van der Waals surface area contributed by atoms with Crippen molar-refractivity contribution in [3.63, 3.8) is 0 Å². The third-order valence-electron chi connectivity index (χ3n) is 4.18. The molecular formula is C17H30N4O2. The molecule has 2 rings (SSSR count). The van der Waals surface area contributed by atoms with Crippen LogP contribution in [0.4, 0.5) is 4.79 Å². The highest BCUT2D eigenvalue weighted by molar-refractivity contribution is 5.69. The summed E-state index contributed by atoms with van der Waals surface area (Å²) in [5.74, 6) is 0. The number of aryl methyl sites for hydroxylation is 2. The summed E-state index contributed by atoms with van der Waals surface area (Å²) in [6.45, 7) is 11.4. The summed E-state index contributed by atoms with van der Waals surface area (Å²) in [5.41, 5.74) is 1.80. The van der Waals surface area contributed by atoms with Crippen molar-refractivity contribution in [1.82, 2.24) is 20.0 Å².